The molecule has 1 N–H and O–H groups in total. The minimum atomic E-state index is -4.75. The van der Waals surface area contributed by atoms with E-state index in [4.69, 9.17) is 11.6 Å². The van der Waals surface area contributed by atoms with Crippen LogP contribution in [0.3, 0.4) is 0 Å². The number of nitrogens with one attached hydrogen (secondary N) is 1. The van der Waals surface area contributed by atoms with Crippen LogP contribution in [0.25, 0.3) is 16.2 Å². The van der Waals surface area contributed by atoms with Crippen molar-refractivity contribution in [3.63, 3.8) is 0 Å². The first-order chi connectivity index (χ1) is 18.4. The van der Waals surface area contributed by atoms with Gasteiger partial charge >= 0.3 is 12.4 Å². The van der Waals surface area contributed by atoms with Gasteiger partial charge in [-0.25, -0.2) is 9.50 Å². The number of fused-ring (bicyclic) bond motifs is 1. The molecule has 4 aromatic rings. The smallest absolute Gasteiger partial charge is 0.351 e. The molecule has 4 heterocycles. The summed E-state index contributed by atoms with van der Waals surface area (Å²) in [5.41, 5.74) is -2.18. The molecule has 0 radical (unpaired) electrons. The lowest BCUT2D eigenvalue weighted by Crippen LogP contribution is -2.26. The van der Waals surface area contributed by atoms with Crippen LogP contribution in [-0.2, 0) is 25.3 Å². The summed E-state index contributed by atoms with van der Waals surface area (Å²) in [6.07, 6.45) is -7.06. The number of nitrogens with zero attached hydrogens (tertiary/aromatic N) is 5. The standard InChI is InChI=1S/C24H21ClF6N6OS/c1-2-13-6-7-16(39-13)14-10-17(23(26,27)28)37-18(33-14)11-15(34-37)22(38)32-8-3-9-36-20(12-4-5-12)19(25)21(35-36)24(29,30)31/h6-7,10-12H,2-5,8-9H2,1H3,(H,32,38). The Morgan fingerprint density at radius 1 is 1.13 bits per heavy atom. The highest BCUT2D eigenvalue weighted by molar-refractivity contribution is 7.15. The molecular weight excluding hydrogens is 570 g/mol. The van der Waals surface area contributed by atoms with Crippen LogP contribution in [0.2, 0.25) is 5.02 Å². The number of rotatable bonds is 8. The summed E-state index contributed by atoms with van der Waals surface area (Å²) in [6, 6.07) is 5.58. The zero-order valence-corrected chi connectivity index (χ0v) is 21.9. The second-order valence-electron chi connectivity index (χ2n) is 9.10. The predicted molar refractivity (Wildman–Crippen MR) is 132 cm³/mol. The summed E-state index contributed by atoms with van der Waals surface area (Å²) in [6.45, 7) is 2.03. The normalized spacial score (nSPS) is 14.4. The molecule has 4 aromatic heterocycles. The first-order valence-electron chi connectivity index (χ1n) is 12.1. The molecule has 1 fully saturated rings. The van der Waals surface area contributed by atoms with Crippen molar-refractivity contribution in [3.05, 3.63) is 56.9 Å². The van der Waals surface area contributed by atoms with Crippen molar-refractivity contribution in [1.29, 1.82) is 0 Å². The number of hydrogen-bond acceptors (Lipinski definition) is 5. The van der Waals surface area contributed by atoms with Crippen molar-refractivity contribution in [2.45, 2.75) is 57.4 Å². The van der Waals surface area contributed by atoms with E-state index in [1.165, 1.54) is 16.0 Å². The number of carbonyl (C=O) groups is 1. The van der Waals surface area contributed by atoms with Gasteiger partial charge < -0.3 is 5.32 Å². The van der Waals surface area contributed by atoms with Crippen LogP contribution in [0.4, 0.5) is 26.3 Å². The van der Waals surface area contributed by atoms with Gasteiger partial charge in [0.05, 0.1) is 21.3 Å². The maximum Gasteiger partial charge on any atom is 0.436 e. The molecule has 1 aliphatic rings. The van der Waals surface area contributed by atoms with Crippen LogP contribution in [0.15, 0.2) is 24.3 Å². The van der Waals surface area contributed by atoms with Gasteiger partial charge in [-0.05, 0) is 43.9 Å². The molecule has 0 bridgehead atoms. The van der Waals surface area contributed by atoms with E-state index in [-0.39, 0.29) is 42.5 Å². The molecule has 1 amide bonds. The summed E-state index contributed by atoms with van der Waals surface area (Å²) >= 11 is 7.30. The van der Waals surface area contributed by atoms with E-state index < -0.39 is 34.7 Å². The van der Waals surface area contributed by atoms with Crippen LogP contribution < -0.4 is 5.32 Å². The van der Waals surface area contributed by atoms with Gasteiger partial charge in [-0.3, -0.25) is 9.48 Å². The highest BCUT2D eigenvalue weighted by Gasteiger charge is 2.42. The Morgan fingerprint density at radius 3 is 2.49 bits per heavy atom. The van der Waals surface area contributed by atoms with Crippen molar-refractivity contribution < 1.29 is 31.1 Å². The lowest BCUT2D eigenvalue weighted by Gasteiger charge is -2.10. The third-order valence-electron chi connectivity index (χ3n) is 6.21. The van der Waals surface area contributed by atoms with Gasteiger partial charge in [0.15, 0.2) is 22.7 Å². The Hall–Kier alpha value is -3.13. The van der Waals surface area contributed by atoms with Crippen molar-refractivity contribution in [2.24, 2.45) is 0 Å². The highest BCUT2D eigenvalue weighted by atomic mass is 35.5. The molecule has 39 heavy (non-hydrogen) atoms. The molecule has 1 aliphatic carbocycles. The Balaban J connectivity index is 1.31. The molecule has 0 unspecified atom stereocenters. The monoisotopic (exact) mass is 590 g/mol. The molecule has 1 saturated carbocycles. The van der Waals surface area contributed by atoms with E-state index in [0.29, 0.717) is 15.1 Å². The molecule has 0 aliphatic heterocycles. The fourth-order valence-electron chi connectivity index (χ4n) is 4.19. The van der Waals surface area contributed by atoms with E-state index in [9.17, 15) is 31.1 Å². The second kappa shape index (κ2) is 10.1. The van der Waals surface area contributed by atoms with Crippen LogP contribution in [-0.4, -0.2) is 36.8 Å². The average Bonchev–Trinajstić information content (AvgIpc) is 3.27. The number of carbonyl (C=O) groups excluding carboxylic acids is 1. The Morgan fingerprint density at radius 2 is 1.87 bits per heavy atom. The number of hydrogen-bond donors (Lipinski definition) is 1. The summed E-state index contributed by atoms with van der Waals surface area (Å²) in [4.78, 5) is 18.5. The minimum Gasteiger partial charge on any atom is -0.351 e. The minimum absolute atomic E-state index is 0.0233. The lowest BCUT2D eigenvalue weighted by atomic mass is 10.2. The fraction of sp³-hybridized carbons (Fsp3) is 0.417. The molecule has 5 rings (SSSR count). The second-order valence-corrected chi connectivity index (χ2v) is 10.6. The molecule has 208 valence electrons. The van der Waals surface area contributed by atoms with Crippen LogP contribution in [0.1, 0.15) is 64.6 Å². The Kier molecular flexibility index (Phi) is 7.12. The summed E-state index contributed by atoms with van der Waals surface area (Å²) in [5, 5.41) is 9.60. The summed E-state index contributed by atoms with van der Waals surface area (Å²) in [5.74, 6) is -0.826. The molecular formula is C24H21ClF6N6OS. The fourth-order valence-corrected chi connectivity index (χ4v) is 5.50. The summed E-state index contributed by atoms with van der Waals surface area (Å²) < 4.78 is 83.0. The number of thiophene rings is 1. The molecule has 0 aromatic carbocycles. The Labute approximate surface area is 226 Å². The number of amides is 1. The van der Waals surface area contributed by atoms with Gasteiger partial charge in [-0.1, -0.05) is 18.5 Å². The number of alkyl halides is 6. The van der Waals surface area contributed by atoms with Gasteiger partial charge in [0.25, 0.3) is 5.91 Å². The van der Waals surface area contributed by atoms with Crippen molar-refractivity contribution in [2.75, 3.05) is 6.54 Å². The van der Waals surface area contributed by atoms with Crippen LogP contribution in [0.5, 0.6) is 0 Å². The summed E-state index contributed by atoms with van der Waals surface area (Å²) in [7, 11) is 0. The molecule has 15 heteroatoms. The van der Waals surface area contributed by atoms with Gasteiger partial charge in [-0.2, -0.15) is 36.5 Å². The lowest BCUT2D eigenvalue weighted by molar-refractivity contribution is -0.143. The van der Waals surface area contributed by atoms with Gasteiger partial charge in [0.2, 0.25) is 0 Å². The third-order valence-corrected chi connectivity index (χ3v) is 7.83. The largest absolute Gasteiger partial charge is 0.436 e. The van der Waals surface area contributed by atoms with E-state index in [0.717, 1.165) is 36.3 Å². The van der Waals surface area contributed by atoms with Crippen molar-refractivity contribution in [3.8, 4) is 10.6 Å². The van der Waals surface area contributed by atoms with Gasteiger partial charge in [0, 0.05) is 30.0 Å². The predicted octanol–water partition coefficient (Wildman–Crippen LogP) is 6.61. The van der Waals surface area contributed by atoms with E-state index in [1.54, 1.807) is 6.07 Å². The third kappa shape index (κ3) is 5.62. The maximum atomic E-state index is 13.8. The molecule has 0 atom stereocenters. The maximum absolute atomic E-state index is 13.8. The van der Waals surface area contributed by atoms with E-state index >= 15 is 0 Å². The number of aromatic nitrogens is 5. The number of halogens is 7. The van der Waals surface area contributed by atoms with Crippen LogP contribution in [0, 0.1) is 0 Å². The van der Waals surface area contributed by atoms with Crippen LogP contribution >= 0.6 is 22.9 Å². The quantitative estimate of drug-likeness (QED) is 0.185. The molecule has 0 spiro atoms. The zero-order chi connectivity index (χ0) is 28.1. The average molecular weight is 591 g/mol. The number of aryl methyl sites for hydroxylation is 2. The van der Waals surface area contributed by atoms with Crippen molar-refractivity contribution in [1.82, 2.24) is 29.7 Å². The first kappa shape index (κ1) is 27.4. The zero-order valence-electron chi connectivity index (χ0n) is 20.3. The molecule has 7 nitrogen and oxygen atoms in total. The van der Waals surface area contributed by atoms with Crippen molar-refractivity contribution >= 4 is 34.5 Å². The molecule has 0 saturated heterocycles. The van der Waals surface area contributed by atoms with Gasteiger partial charge in [-0.15, -0.1) is 11.3 Å². The topological polar surface area (TPSA) is 77.1 Å². The Bertz CT molecular complexity index is 1530. The first-order valence-corrected chi connectivity index (χ1v) is 13.2. The van der Waals surface area contributed by atoms with Gasteiger partial charge in [0.1, 0.15) is 0 Å². The van der Waals surface area contributed by atoms with E-state index in [2.05, 4.69) is 20.5 Å². The van der Waals surface area contributed by atoms with E-state index in [1.807, 2.05) is 13.0 Å². The highest BCUT2D eigenvalue weighted by Crippen LogP contribution is 2.47. The SMILES string of the molecule is CCc1ccc(-c2cc(C(F)(F)F)n3nc(C(=O)NCCCn4nc(C(F)(F)F)c(Cl)c4C4CC4)cc3n2)s1.